The number of rotatable bonds is 3. The summed E-state index contributed by atoms with van der Waals surface area (Å²) in [5.41, 5.74) is 2.50. The van der Waals surface area contributed by atoms with E-state index in [0.29, 0.717) is 21.1 Å². The molecule has 1 aromatic heterocycles. The Hall–Kier alpha value is -1.89. The zero-order valence-corrected chi connectivity index (χ0v) is 18.1. The Bertz CT molecular complexity index is 1080. The van der Waals surface area contributed by atoms with E-state index < -0.39 is 11.9 Å². The summed E-state index contributed by atoms with van der Waals surface area (Å²) < 4.78 is 16.3. The van der Waals surface area contributed by atoms with Crippen LogP contribution in [0, 0.1) is 5.82 Å². The number of halogens is 4. The second-order valence-electron chi connectivity index (χ2n) is 6.81. The Morgan fingerprint density at radius 3 is 2.43 bits per heavy atom. The lowest BCUT2D eigenvalue weighted by Crippen LogP contribution is -2.30. The van der Waals surface area contributed by atoms with E-state index >= 15 is 0 Å². The van der Waals surface area contributed by atoms with Crippen LogP contribution in [0.4, 0.5) is 10.1 Å². The van der Waals surface area contributed by atoms with Crippen molar-refractivity contribution < 1.29 is 9.18 Å². The molecule has 4 rings (SSSR count). The number of aromatic nitrogens is 2. The van der Waals surface area contributed by atoms with Gasteiger partial charge in [-0.2, -0.15) is 0 Å². The monoisotopic (exact) mass is 481 g/mol. The van der Waals surface area contributed by atoms with Gasteiger partial charge in [-0.25, -0.2) is 9.37 Å². The fourth-order valence-electron chi connectivity index (χ4n) is 3.53. The predicted octanol–water partition coefficient (Wildman–Crippen LogP) is 6.42. The van der Waals surface area contributed by atoms with Crippen LogP contribution in [-0.2, 0) is 0 Å². The average Bonchev–Trinajstić information content (AvgIpc) is 3.12. The predicted molar refractivity (Wildman–Crippen MR) is 112 cm³/mol. The quantitative estimate of drug-likeness (QED) is 0.431. The van der Waals surface area contributed by atoms with Gasteiger partial charge in [0.1, 0.15) is 11.9 Å². The first-order valence-electron chi connectivity index (χ1n) is 8.61. The minimum absolute atomic E-state index is 0.0439. The molecule has 1 unspecified atom stereocenters. The van der Waals surface area contributed by atoms with Gasteiger partial charge in [0.05, 0.1) is 10.7 Å². The first-order chi connectivity index (χ1) is 13.3. The molecule has 0 fully saturated rings. The van der Waals surface area contributed by atoms with Crippen molar-refractivity contribution in [3.63, 3.8) is 0 Å². The van der Waals surface area contributed by atoms with Gasteiger partial charge < -0.3 is 4.57 Å². The zero-order valence-electron chi connectivity index (χ0n) is 15.0. The zero-order chi connectivity index (χ0) is 20.2. The van der Waals surface area contributed by atoms with Gasteiger partial charge in [0.15, 0.2) is 10.4 Å². The number of amides is 1. The van der Waals surface area contributed by atoms with Crippen molar-refractivity contribution >= 4 is 50.7 Å². The second kappa shape index (κ2) is 7.17. The maximum absolute atomic E-state index is 13.7. The number of nitrogens with zero attached hydrogens (tertiary/aromatic N) is 3. The number of anilines is 1. The molecule has 0 saturated heterocycles. The van der Waals surface area contributed by atoms with Crippen LogP contribution >= 0.6 is 39.1 Å². The molecule has 2 heterocycles. The molecule has 0 N–H and O–H groups in total. The largest absolute Gasteiger partial charge is 0.317 e. The molecule has 3 aromatic rings. The van der Waals surface area contributed by atoms with Crippen molar-refractivity contribution in [1.82, 2.24) is 9.55 Å². The molecule has 2 aromatic carbocycles. The molecule has 28 heavy (non-hydrogen) atoms. The SMILES string of the molecule is CC(C)n1c(Br)nc2c1C(c1ccc(Cl)cc1)N(c1ccc(F)c(Cl)c1)C2=O. The Kier molecular flexibility index (Phi) is 4.98. The topological polar surface area (TPSA) is 38.1 Å². The molecule has 144 valence electrons. The van der Waals surface area contributed by atoms with Gasteiger partial charge >= 0.3 is 0 Å². The Labute approximate surface area is 180 Å². The van der Waals surface area contributed by atoms with Gasteiger partial charge in [-0.15, -0.1) is 0 Å². The van der Waals surface area contributed by atoms with Crippen LogP contribution in [0.15, 0.2) is 47.2 Å². The van der Waals surface area contributed by atoms with Gasteiger partial charge in [0, 0.05) is 16.8 Å². The third kappa shape index (κ3) is 3.04. The summed E-state index contributed by atoms with van der Waals surface area (Å²) >= 11 is 15.5. The van der Waals surface area contributed by atoms with E-state index in [1.165, 1.54) is 12.1 Å². The standard InChI is InChI=1S/C20H15BrCl2FN3O/c1-10(2)26-18-16(25-20(26)21)19(28)27(13-7-8-15(24)14(23)9-13)17(18)11-3-5-12(22)6-4-11/h3-10,17H,1-2H3. The number of fused-ring (bicyclic) bond motifs is 1. The maximum atomic E-state index is 13.7. The van der Waals surface area contributed by atoms with E-state index in [2.05, 4.69) is 20.9 Å². The lowest BCUT2D eigenvalue weighted by molar-refractivity contribution is 0.0989. The highest BCUT2D eigenvalue weighted by molar-refractivity contribution is 9.10. The highest BCUT2D eigenvalue weighted by atomic mass is 79.9. The second-order valence-corrected chi connectivity index (χ2v) is 8.36. The summed E-state index contributed by atoms with van der Waals surface area (Å²) in [6, 6.07) is 11.2. The van der Waals surface area contributed by atoms with Crippen LogP contribution in [0.2, 0.25) is 10.0 Å². The molecule has 0 saturated carbocycles. The summed E-state index contributed by atoms with van der Waals surface area (Å²) in [6.45, 7) is 4.04. The molecule has 0 spiro atoms. The van der Waals surface area contributed by atoms with Gasteiger partial charge in [-0.1, -0.05) is 35.3 Å². The van der Waals surface area contributed by atoms with Crippen molar-refractivity contribution in [2.24, 2.45) is 0 Å². The first-order valence-corrected chi connectivity index (χ1v) is 10.2. The molecule has 1 amide bonds. The summed E-state index contributed by atoms with van der Waals surface area (Å²) in [5, 5.41) is 0.556. The van der Waals surface area contributed by atoms with E-state index in [-0.39, 0.29) is 17.0 Å². The molecule has 4 nitrogen and oxygen atoms in total. The molecule has 0 radical (unpaired) electrons. The van der Waals surface area contributed by atoms with E-state index in [4.69, 9.17) is 23.2 Å². The van der Waals surface area contributed by atoms with Crippen LogP contribution < -0.4 is 4.90 Å². The van der Waals surface area contributed by atoms with E-state index in [0.717, 1.165) is 11.3 Å². The molecule has 8 heteroatoms. The summed E-state index contributed by atoms with van der Waals surface area (Å²) in [7, 11) is 0. The number of hydrogen-bond acceptors (Lipinski definition) is 2. The van der Waals surface area contributed by atoms with Crippen molar-refractivity contribution in [2.45, 2.75) is 25.9 Å². The normalized spacial score (nSPS) is 16.2. The highest BCUT2D eigenvalue weighted by Crippen LogP contribution is 2.44. The molecule has 0 bridgehead atoms. The third-order valence-corrected chi connectivity index (χ3v) is 5.83. The Morgan fingerprint density at radius 2 is 1.82 bits per heavy atom. The third-order valence-electron chi connectivity index (χ3n) is 4.73. The molecule has 0 aliphatic carbocycles. The summed E-state index contributed by atoms with van der Waals surface area (Å²) in [6.07, 6.45) is 0. The average molecular weight is 483 g/mol. The fraction of sp³-hybridized carbons (Fsp3) is 0.200. The number of hydrogen-bond donors (Lipinski definition) is 0. The van der Waals surface area contributed by atoms with Crippen LogP contribution in [0.5, 0.6) is 0 Å². The molecule has 1 aliphatic heterocycles. The van der Waals surface area contributed by atoms with Gasteiger partial charge in [-0.3, -0.25) is 9.69 Å². The van der Waals surface area contributed by atoms with Crippen molar-refractivity contribution in [2.75, 3.05) is 4.90 Å². The van der Waals surface area contributed by atoms with Crippen LogP contribution in [0.3, 0.4) is 0 Å². The van der Waals surface area contributed by atoms with Crippen LogP contribution in [0.25, 0.3) is 0 Å². The molecular formula is C20H15BrCl2FN3O. The van der Waals surface area contributed by atoms with Crippen molar-refractivity contribution in [1.29, 1.82) is 0 Å². The van der Waals surface area contributed by atoms with Crippen LogP contribution in [-0.4, -0.2) is 15.5 Å². The van der Waals surface area contributed by atoms with Crippen LogP contribution in [0.1, 0.15) is 47.7 Å². The number of carbonyl (C=O) groups is 1. The molecule has 1 atom stereocenters. The summed E-state index contributed by atoms with van der Waals surface area (Å²) in [4.78, 5) is 19.4. The molecular weight excluding hydrogens is 468 g/mol. The van der Waals surface area contributed by atoms with Crippen molar-refractivity contribution in [3.05, 3.63) is 80.0 Å². The summed E-state index contributed by atoms with van der Waals surface area (Å²) in [5.74, 6) is -0.803. The molecule has 1 aliphatic rings. The smallest absolute Gasteiger partial charge is 0.279 e. The van der Waals surface area contributed by atoms with Crippen molar-refractivity contribution in [3.8, 4) is 0 Å². The highest BCUT2D eigenvalue weighted by Gasteiger charge is 2.44. The minimum atomic E-state index is -0.537. The Balaban J connectivity index is 1.96. The van der Waals surface area contributed by atoms with E-state index in [9.17, 15) is 9.18 Å². The number of benzene rings is 2. The van der Waals surface area contributed by atoms with Gasteiger partial charge in [0.2, 0.25) is 0 Å². The number of imidazole rings is 1. The van der Waals surface area contributed by atoms with E-state index in [1.807, 2.05) is 30.5 Å². The lowest BCUT2D eigenvalue weighted by atomic mass is 10.0. The van der Waals surface area contributed by atoms with Gasteiger partial charge in [-0.05, 0) is 65.7 Å². The minimum Gasteiger partial charge on any atom is -0.317 e. The first kappa shape index (κ1) is 19.4. The van der Waals surface area contributed by atoms with Gasteiger partial charge in [0.25, 0.3) is 5.91 Å². The maximum Gasteiger partial charge on any atom is 0.279 e. The Morgan fingerprint density at radius 1 is 1.14 bits per heavy atom. The number of carbonyl (C=O) groups excluding carboxylic acids is 1. The lowest BCUT2D eigenvalue weighted by Gasteiger charge is -2.28. The van der Waals surface area contributed by atoms with E-state index in [1.54, 1.807) is 23.1 Å². The fourth-order valence-corrected chi connectivity index (χ4v) is 4.61.